The van der Waals surface area contributed by atoms with Crippen LogP contribution in [0.15, 0.2) is 54.7 Å². The van der Waals surface area contributed by atoms with Crippen molar-refractivity contribution in [3.8, 4) is 5.75 Å². The number of nitrogens with one attached hydrogen (secondary N) is 1. The molecule has 182 valence electrons. The summed E-state index contributed by atoms with van der Waals surface area (Å²) in [5.41, 5.74) is 5.82. The van der Waals surface area contributed by atoms with Gasteiger partial charge in [-0.05, 0) is 62.9 Å². The van der Waals surface area contributed by atoms with Crippen molar-refractivity contribution in [2.24, 2.45) is 0 Å². The summed E-state index contributed by atoms with van der Waals surface area (Å²) in [7, 11) is 0. The molecule has 0 saturated carbocycles. The number of halogens is 1. The molecule has 34 heavy (non-hydrogen) atoms. The molecule has 1 aliphatic heterocycles. The first-order valence-corrected chi connectivity index (χ1v) is 11.3. The number of benzene rings is 2. The molecule has 0 spiro atoms. The summed E-state index contributed by atoms with van der Waals surface area (Å²) in [5, 5.41) is 3.41. The van der Waals surface area contributed by atoms with Crippen LogP contribution in [0.4, 0.5) is 0 Å². The third-order valence-corrected chi connectivity index (χ3v) is 5.14. The molecule has 7 heteroatoms. The summed E-state index contributed by atoms with van der Waals surface area (Å²) < 4.78 is 10.4. The van der Waals surface area contributed by atoms with Gasteiger partial charge < -0.3 is 14.8 Å². The quantitative estimate of drug-likeness (QED) is 0.498. The van der Waals surface area contributed by atoms with Crippen molar-refractivity contribution in [3.05, 3.63) is 88.5 Å². The summed E-state index contributed by atoms with van der Waals surface area (Å²) in [6.45, 7) is 10.5. The molecule has 6 nitrogen and oxygen atoms in total. The van der Waals surface area contributed by atoms with Gasteiger partial charge in [0.05, 0.1) is 11.9 Å². The Kier molecular flexibility index (Phi) is 10.5. The lowest BCUT2D eigenvalue weighted by Gasteiger charge is -2.17. The van der Waals surface area contributed by atoms with E-state index in [0.717, 1.165) is 48.8 Å². The van der Waals surface area contributed by atoms with Crippen LogP contribution in [0.3, 0.4) is 0 Å². The first-order valence-electron chi connectivity index (χ1n) is 11.3. The third-order valence-electron chi connectivity index (χ3n) is 5.14. The van der Waals surface area contributed by atoms with Crippen molar-refractivity contribution in [2.45, 2.75) is 59.3 Å². The number of aromatic nitrogens is 2. The van der Waals surface area contributed by atoms with E-state index in [1.54, 1.807) is 6.20 Å². The van der Waals surface area contributed by atoms with Crippen molar-refractivity contribution >= 4 is 18.9 Å². The summed E-state index contributed by atoms with van der Waals surface area (Å²) in [6.07, 6.45) is 3.64. The van der Waals surface area contributed by atoms with E-state index in [9.17, 15) is 4.79 Å². The van der Waals surface area contributed by atoms with Gasteiger partial charge >= 0.3 is 0 Å². The van der Waals surface area contributed by atoms with Crippen molar-refractivity contribution < 1.29 is 14.3 Å². The Bertz CT molecular complexity index is 1050. The number of fused-ring (bicyclic) bond motifs is 1. The number of ether oxygens (including phenoxy) is 2. The fraction of sp³-hybridized carbons (Fsp3) is 0.370. The molecule has 0 unspecified atom stereocenters. The number of carbonyl (C=O) groups is 1. The maximum absolute atomic E-state index is 9.60. The molecule has 1 aromatic heterocycles. The van der Waals surface area contributed by atoms with Gasteiger partial charge in [0, 0.05) is 13.0 Å². The minimum atomic E-state index is -0.318. The Labute approximate surface area is 208 Å². The fourth-order valence-electron chi connectivity index (χ4n) is 3.43. The smallest absolute Gasteiger partial charge is 0.293 e. The van der Waals surface area contributed by atoms with Crippen LogP contribution in [0, 0.1) is 6.92 Å². The number of carbonyl (C=O) groups excluding carboxylic acids is 1. The molecule has 0 amide bonds. The second kappa shape index (κ2) is 13.1. The van der Waals surface area contributed by atoms with Gasteiger partial charge in [0.15, 0.2) is 5.75 Å². The molecule has 0 bridgehead atoms. The van der Waals surface area contributed by atoms with E-state index in [2.05, 4.69) is 50.4 Å². The number of rotatable bonds is 6. The second-order valence-electron chi connectivity index (χ2n) is 9.04. The Morgan fingerprint density at radius 2 is 1.82 bits per heavy atom. The van der Waals surface area contributed by atoms with E-state index < -0.39 is 0 Å². The van der Waals surface area contributed by atoms with E-state index in [4.69, 9.17) is 4.74 Å². The Morgan fingerprint density at radius 3 is 2.47 bits per heavy atom. The maximum atomic E-state index is 9.60. The summed E-state index contributed by atoms with van der Waals surface area (Å²) in [6, 6.07) is 16.8. The first kappa shape index (κ1) is 27.3. The Balaban J connectivity index is 0.000000449. The van der Waals surface area contributed by atoms with Gasteiger partial charge in [0.1, 0.15) is 18.0 Å². The van der Waals surface area contributed by atoms with Crippen LogP contribution in [-0.4, -0.2) is 28.6 Å². The van der Waals surface area contributed by atoms with Crippen LogP contribution >= 0.6 is 12.4 Å². The predicted octanol–water partition coefficient (Wildman–Crippen LogP) is 4.98. The first-order chi connectivity index (χ1) is 15.8. The summed E-state index contributed by atoms with van der Waals surface area (Å²) in [4.78, 5) is 18.8. The molecule has 0 fully saturated rings. The van der Waals surface area contributed by atoms with Gasteiger partial charge in [0.2, 0.25) is 0 Å². The van der Waals surface area contributed by atoms with Crippen molar-refractivity contribution in [1.82, 2.24) is 15.3 Å². The molecule has 2 aromatic carbocycles. The van der Waals surface area contributed by atoms with E-state index in [1.165, 1.54) is 16.7 Å². The second-order valence-corrected chi connectivity index (χ2v) is 9.04. The van der Waals surface area contributed by atoms with Gasteiger partial charge in [0.25, 0.3) is 6.47 Å². The van der Waals surface area contributed by atoms with Crippen LogP contribution in [0.1, 0.15) is 54.5 Å². The van der Waals surface area contributed by atoms with Crippen LogP contribution in [-0.2, 0) is 35.5 Å². The normalized spacial score (nSPS) is 12.4. The maximum Gasteiger partial charge on any atom is 0.293 e. The number of aryl methyl sites for hydroxylation is 1. The molecule has 0 radical (unpaired) electrons. The van der Waals surface area contributed by atoms with E-state index in [-0.39, 0.29) is 18.0 Å². The van der Waals surface area contributed by atoms with Gasteiger partial charge in [-0.25, -0.2) is 9.97 Å². The van der Waals surface area contributed by atoms with Gasteiger partial charge in [-0.1, -0.05) is 48.5 Å². The highest BCUT2D eigenvalue weighted by molar-refractivity contribution is 5.85. The highest BCUT2D eigenvalue weighted by Gasteiger charge is 2.11. The van der Waals surface area contributed by atoms with Crippen molar-refractivity contribution in [1.29, 1.82) is 0 Å². The van der Waals surface area contributed by atoms with Gasteiger partial charge in [-0.3, -0.25) is 4.79 Å². The molecule has 2 heterocycles. The zero-order valence-corrected chi connectivity index (χ0v) is 21.2. The average molecular weight is 484 g/mol. The fourth-order valence-corrected chi connectivity index (χ4v) is 3.43. The SMILES string of the molecule is CC(C)(C)OC=O.Cc1nc(Cc2ccc3c(c2)CCNC3)ncc1OCc1ccccc1.Cl. The molecule has 4 rings (SSSR count). The van der Waals surface area contributed by atoms with E-state index >= 15 is 0 Å². The number of hydrogen-bond donors (Lipinski definition) is 1. The molecule has 0 atom stereocenters. The highest BCUT2D eigenvalue weighted by Crippen LogP contribution is 2.20. The van der Waals surface area contributed by atoms with Crippen molar-refractivity contribution in [3.63, 3.8) is 0 Å². The van der Waals surface area contributed by atoms with Crippen LogP contribution in [0.2, 0.25) is 0 Å². The molecular formula is C27H34ClN3O3. The van der Waals surface area contributed by atoms with Gasteiger partial charge in [-0.2, -0.15) is 0 Å². The Morgan fingerprint density at radius 1 is 1.06 bits per heavy atom. The van der Waals surface area contributed by atoms with Gasteiger partial charge in [-0.15, -0.1) is 12.4 Å². The van der Waals surface area contributed by atoms with Crippen molar-refractivity contribution in [2.75, 3.05) is 6.54 Å². The molecule has 1 aliphatic rings. The lowest BCUT2D eigenvalue weighted by atomic mass is 9.97. The molecular weight excluding hydrogens is 450 g/mol. The zero-order chi connectivity index (χ0) is 23.7. The standard InChI is InChI=1S/C22H23N3O.C5H10O2.ClH/c1-16-21(26-15-17-5-3-2-4-6-17)14-24-22(25-16)12-18-7-8-20-13-23-10-9-19(20)11-18;1-5(2,3)7-4-6;/h2-8,11,14,23H,9-10,12-13,15H2,1H3;4H,1-3H3;1H. The minimum Gasteiger partial charge on any atom is -0.485 e. The topological polar surface area (TPSA) is 73.3 Å². The monoisotopic (exact) mass is 483 g/mol. The molecule has 1 N–H and O–H groups in total. The average Bonchev–Trinajstić information content (AvgIpc) is 2.79. The molecule has 0 saturated heterocycles. The largest absolute Gasteiger partial charge is 0.485 e. The minimum absolute atomic E-state index is 0. The lowest BCUT2D eigenvalue weighted by molar-refractivity contribution is -0.138. The van der Waals surface area contributed by atoms with Crippen LogP contribution in [0.5, 0.6) is 5.75 Å². The molecule has 0 aliphatic carbocycles. The van der Waals surface area contributed by atoms with E-state index in [0.29, 0.717) is 13.1 Å². The summed E-state index contributed by atoms with van der Waals surface area (Å²) >= 11 is 0. The molecule has 3 aromatic rings. The van der Waals surface area contributed by atoms with Crippen LogP contribution in [0.25, 0.3) is 0 Å². The van der Waals surface area contributed by atoms with E-state index in [1.807, 2.05) is 45.9 Å². The highest BCUT2D eigenvalue weighted by atomic mass is 35.5. The zero-order valence-electron chi connectivity index (χ0n) is 20.3. The summed E-state index contributed by atoms with van der Waals surface area (Å²) in [5.74, 6) is 1.58. The van der Waals surface area contributed by atoms with Crippen LogP contribution < -0.4 is 10.1 Å². The number of hydrogen-bond acceptors (Lipinski definition) is 6. The predicted molar refractivity (Wildman–Crippen MR) is 136 cm³/mol. The number of nitrogens with zero attached hydrogens (tertiary/aromatic N) is 2. The Hall–Kier alpha value is -2.96. The lowest BCUT2D eigenvalue weighted by Crippen LogP contribution is -2.23. The third kappa shape index (κ3) is 8.76.